The van der Waals surface area contributed by atoms with Gasteiger partial charge < -0.3 is 15.2 Å². The van der Waals surface area contributed by atoms with Crippen LogP contribution in [0.5, 0.6) is 0 Å². The van der Waals surface area contributed by atoms with E-state index < -0.39 is 22.0 Å². The molecule has 3 rings (SSSR count). The van der Waals surface area contributed by atoms with Gasteiger partial charge in [-0.1, -0.05) is 0 Å². The number of carbonyl (C=O) groups is 1. The van der Waals surface area contributed by atoms with Crippen LogP contribution in [0.15, 0.2) is 27.6 Å². The molecule has 0 aliphatic carbocycles. The highest BCUT2D eigenvalue weighted by atomic mass is 79.9. The lowest BCUT2D eigenvalue weighted by molar-refractivity contribution is 0.0149. The molecule has 2 aliphatic rings. The van der Waals surface area contributed by atoms with E-state index in [1.807, 2.05) is 0 Å². The molecule has 2 N–H and O–H groups in total. The van der Waals surface area contributed by atoms with E-state index in [-0.39, 0.29) is 17.0 Å². The molecular weight excluding hydrogens is 450 g/mol. The largest absolute Gasteiger partial charge is 0.390 e. The van der Waals surface area contributed by atoms with Gasteiger partial charge in [-0.15, -0.1) is 0 Å². The van der Waals surface area contributed by atoms with Crippen LogP contribution in [0.4, 0.5) is 0 Å². The predicted octanol–water partition coefficient (Wildman–Crippen LogP) is 0.656. The van der Waals surface area contributed by atoms with Gasteiger partial charge in [-0.25, -0.2) is 8.42 Å². The number of hydrogen-bond acceptors (Lipinski definition) is 6. The predicted molar refractivity (Wildman–Crippen MR) is 108 cm³/mol. The molecule has 2 saturated heterocycles. The SMILES string of the molecule is O=C(NC[C@H](O)CN1CCOCC1)c1cc(S(=O)(=O)N2CCCC2)ccc1Br. The smallest absolute Gasteiger partial charge is 0.252 e. The molecule has 2 fully saturated rings. The highest BCUT2D eigenvalue weighted by Gasteiger charge is 2.28. The fourth-order valence-corrected chi connectivity index (χ4v) is 5.34. The molecular formula is C18H26BrN3O5S. The van der Waals surface area contributed by atoms with Gasteiger partial charge in [0.1, 0.15) is 0 Å². The zero-order chi connectivity index (χ0) is 20.1. The summed E-state index contributed by atoms with van der Waals surface area (Å²) in [6, 6.07) is 4.46. The van der Waals surface area contributed by atoms with Crippen molar-refractivity contribution in [3.8, 4) is 0 Å². The molecule has 156 valence electrons. The number of amides is 1. The minimum absolute atomic E-state index is 0.0890. The third-order valence-corrected chi connectivity index (χ3v) is 7.54. The second kappa shape index (κ2) is 9.64. The number of sulfonamides is 1. The summed E-state index contributed by atoms with van der Waals surface area (Å²) in [7, 11) is -3.60. The summed E-state index contributed by atoms with van der Waals surface area (Å²) in [5, 5.41) is 12.9. The fourth-order valence-electron chi connectivity index (χ4n) is 3.37. The van der Waals surface area contributed by atoms with E-state index in [0.717, 1.165) is 25.9 Å². The van der Waals surface area contributed by atoms with Gasteiger partial charge in [0, 0.05) is 43.7 Å². The maximum atomic E-state index is 12.7. The molecule has 0 spiro atoms. The number of carbonyl (C=O) groups excluding carboxylic acids is 1. The Labute approximate surface area is 174 Å². The van der Waals surface area contributed by atoms with E-state index in [2.05, 4.69) is 26.1 Å². The van der Waals surface area contributed by atoms with E-state index in [9.17, 15) is 18.3 Å². The Morgan fingerprint density at radius 1 is 1.21 bits per heavy atom. The third kappa shape index (κ3) is 5.31. The molecule has 0 saturated carbocycles. The maximum Gasteiger partial charge on any atom is 0.252 e. The van der Waals surface area contributed by atoms with Crippen molar-refractivity contribution in [3.63, 3.8) is 0 Å². The second-order valence-corrected chi connectivity index (χ2v) is 9.82. The number of aliphatic hydroxyl groups excluding tert-OH is 1. The molecule has 0 aromatic heterocycles. The van der Waals surface area contributed by atoms with Gasteiger partial charge in [0.2, 0.25) is 10.0 Å². The minimum Gasteiger partial charge on any atom is -0.390 e. The van der Waals surface area contributed by atoms with Gasteiger partial charge in [0.15, 0.2) is 0 Å². The molecule has 10 heteroatoms. The summed E-state index contributed by atoms with van der Waals surface area (Å²) < 4.78 is 32.7. The fraction of sp³-hybridized carbons (Fsp3) is 0.611. The highest BCUT2D eigenvalue weighted by molar-refractivity contribution is 9.10. The first-order valence-corrected chi connectivity index (χ1v) is 11.7. The molecule has 2 aliphatic heterocycles. The second-order valence-electron chi connectivity index (χ2n) is 7.03. The van der Waals surface area contributed by atoms with Crippen molar-refractivity contribution < 1.29 is 23.1 Å². The monoisotopic (exact) mass is 475 g/mol. The lowest BCUT2D eigenvalue weighted by Gasteiger charge is -2.28. The van der Waals surface area contributed by atoms with Crippen LogP contribution in [-0.2, 0) is 14.8 Å². The van der Waals surface area contributed by atoms with Gasteiger partial charge in [-0.3, -0.25) is 9.69 Å². The number of hydrogen-bond donors (Lipinski definition) is 2. The van der Waals surface area contributed by atoms with Gasteiger partial charge in [-0.2, -0.15) is 4.31 Å². The number of ether oxygens (including phenoxy) is 1. The van der Waals surface area contributed by atoms with Gasteiger partial charge in [0.25, 0.3) is 5.91 Å². The lowest BCUT2D eigenvalue weighted by Crippen LogP contribution is -2.44. The maximum absolute atomic E-state index is 12.7. The standard InChI is InChI=1S/C18H26BrN3O5S/c19-17-4-3-15(28(25,26)22-5-1-2-6-22)11-16(17)18(24)20-12-14(23)13-21-7-9-27-10-8-21/h3-4,11,14,23H,1-2,5-10,12-13H2,(H,20,24)/t14-/m0/s1. The third-order valence-electron chi connectivity index (χ3n) is 4.96. The van der Waals surface area contributed by atoms with Crippen LogP contribution in [-0.4, -0.2) is 87.2 Å². The Kier molecular flexibility index (Phi) is 7.46. The molecule has 8 nitrogen and oxygen atoms in total. The van der Waals surface area contributed by atoms with Gasteiger partial charge in [0.05, 0.1) is 29.8 Å². The molecule has 0 unspecified atom stereocenters. The molecule has 1 aromatic rings. The number of benzene rings is 1. The van der Waals surface area contributed by atoms with Crippen LogP contribution in [0.3, 0.4) is 0 Å². The summed E-state index contributed by atoms with van der Waals surface area (Å²) in [5.74, 6) is -0.425. The van der Waals surface area contributed by atoms with Crippen molar-refractivity contribution in [2.75, 3.05) is 52.5 Å². The first-order chi connectivity index (χ1) is 13.4. The van der Waals surface area contributed by atoms with Crippen LogP contribution in [0, 0.1) is 0 Å². The quantitative estimate of drug-likeness (QED) is 0.600. The Morgan fingerprint density at radius 3 is 2.57 bits per heavy atom. The molecule has 2 heterocycles. The van der Waals surface area contributed by atoms with E-state index >= 15 is 0 Å². The van der Waals surface area contributed by atoms with Crippen LogP contribution in [0.1, 0.15) is 23.2 Å². The number of nitrogens with zero attached hydrogens (tertiary/aromatic N) is 2. The van der Waals surface area contributed by atoms with Gasteiger partial charge in [-0.05, 0) is 47.0 Å². The van der Waals surface area contributed by atoms with Crippen molar-refractivity contribution in [1.29, 1.82) is 0 Å². The number of halogens is 1. The van der Waals surface area contributed by atoms with Gasteiger partial charge >= 0.3 is 0 Å². The Bertz CT molecular complexity index is 792. The number of morpholine rings is 1. The summed E-state index contributed by atoms with van der Waals surface area (Å²) in [6.07, 6.45) is 0.992. The molecule has 0 bridgehead atoms. The Balaban J connectivity index is 1.62. The first-order valence-electron chi connectivity index (χ1n) is 9.44. The summed E-state index contributed by atoms with van der Waals surface area (Å²) in [5.41, 5.74) is 0.235. The summed E-state index contributed by atoms with van der Waals surface area (Å²) >= 11 is 3.31. The van der Waals surface area contributed by atoms with E-state index in [0.29, 0.717) is 37.3 Å². The molecule has 1 amide bonds. The Morgan fingerprint density at radius 2 is 1.89 bits per heavy atom. The lowest BCUT2D eigenvalue weighted by atomic mass is 10.2. The zero-order valence-electron chi connectivity index (χ0n) is 15.6. The number of β-amino-alcohol motifs (C(OH)–C–C–N with tert-alkyl or cyclic N) is 1. The van der Waals surface area contributed by atoms with Crippen LogP contribution >= 0.6 is 15.9 Å². The van der Waals surface area contributed by atoms with E-state index in [4.69, 9.17) is 4.74 Å². The Hall–Kier alpha value is -1.04. The highest BCUT2D eigenvalue weighted by Crippen LogP contribution is 2.25. The number of nitrogens with one attached hydrogen (secondary N) is 1. The summed E-state index contributed by atoms with van der Waals surface area (Å²) in [6.45, 7) is 4.36. The molecule has 0 radical (unpaired) electrons. The average molecular weight is 476 g/mol. The minimum atomic E-state index is -3.60. The molecule has 1 atom stereocenters. The van der Waals surface area contributed by atoms with Crippen LogP contribution in [0.25, 0.3) is 0 Å². The average Bonchev–Trinajstić information content (AvgIpc) is 3.23. The number of aliphatic hydroxyl groups is 1. The van der Waals surface area contributed by atoms with Crippen LogP contribution < -0.4 is 5.32 Å². The topological polar surface area (TPSA) is 99.2 Å². The van der Waals surface area contributed by atoms with Crippen molar-refractivity contribution >= 4 is 31.9 Å². The van der Waals surface area contributed by atoms with Crippen LogP contribution in [0.2, 0.25) is 0 Å². The van der Waals surface area contributed by atoms with Crippen molar-refractivity contribution in [2.24, 2.45) is 0 Å². The normalized spacial score (nSPS) is 20.2. The first kappa shape index (κ1) is 21.7. The van der Waals surface area contributed by atoms with Crippen molar-refractivity contribution in [2.45, 2.75) is 23.8 Å². The number of rotatable bonds is 7. The van der Waals surface area contributed by atoms with Crippen molar-refractivity contribution in [1.82, 2.24) is 14.5 Å². The van der Waals surface area contributed by atoms with Crippen molar-refractivity contribution in [3.05, 3.63) is 28.2 Å². The zero-order valence-corrected chi connectivity index (χ0v) is 18.0. The molecule has 1 aromatic carbocycles. The molecule has 28 heavy (non-hydrogen) atoms. The summed E-state index contributed by atoms with van der Waals surface area (Å²) in [4.78, 5) is 14.8. The van der Waals surface area contributed by atoms with E-state index in [1.54, 1.807) is 6.07 Å². The van der Waals surface area contributed by atoms with E-state index in [1.165, 1.54) is 16.4 Å².